The quantitative estimate of drug-likeness (QED) is 0.406. The number of aromatic nitrogens is 1. The molecule has 5 nitrogen and oxygen atoms in total. The van der Waals surface area contributed by atoms with Crippen molar-refractivity contribution >= 4 is 6.41 Å². The van der Waals surface area contributed by atoms with Crippen molar-refractivity contribution in [2.75, 3.05) is 26.2 Å². The molecule has 2 N–H and O–H groups in total. The average Bonchev–Trinajstić information content (AvgIpc) is 3.22. The van der Waals surface area contributed by atoms with Crippen molar-refractivity contribution < 1.29 is 18.0 Å². The van der Waals surface area contributed by atoms with Gasteiger partial charge >= 0.3 is 6.18 Å². The Kier molecular flexibility index (Phi) is 8.64. The van der Waals surface area contributed by atoms with E-state index < -0.39 is 11.7 Å². The number of amides is 1. The summed E-state index contributed by atoms with van der Waals surface area (Å²) in [6, 6.07) is 12.0. The molecule has 0 radical (unpaired) electrons. The summed E-state index contributed by atoms with van der Waals surface area (Å²) < 4.78 is 39.6. The van der Waals surface area contributed by atoms with Gasteiger partial charge in [-0.1, -0.05) is 37.3 Å². The van der Waals surface area contributed by atoms with Gasteiger partial charge in [0, 0.05) is 50.5 Å². The summed E-state index contributed by atoms with van der Waals surface area (Å²) in [5.41, 5.74) is 1.77. The first kappa shape index (κ1) is 24.2. The van der Waals surface area contributed by atoms with Crippen molar-refractivity contribution in [1.29, 1.82) is 0 Å². The number of halogens is 3. The lowest BCUT2D eigenvalue weighted by atomic mass is 9.98. The zero-order valence-electron chi connectivity index (χ0n) is 18.4. The highest BCUT2D eigenvalue weighted by Crippen LogP contribution is 2.30. The third kappa shape index (κ3) is 7.03. The van der Waals surface area contributed by atoms with E-state index in [2.05, 4.69) is 51.7 Å². The molecule has 1 aromatic carbocycles. The van der Waals surface area contributed by atoms with E-state index in [1.165, 1.54) is 11.6 Å². The molecule has 2 unspecified atom stereocenters. The maximum absolute atomic E-state index is 13.2. The molecule has 1 aliphatic heterocycles. The molecule has 0 spiro atoms. The molecular formula is C24H31F3N4O. The largest absolute Gasteiger partial charge is 0.417 e. The number of likely N-dealkylation sites (tertiary alicyclic amines) is 1. The summed E-state index contributed by atoms with van der Waals surface area (Å²) in [6.07, 6.45) is -0.563. The van der Waals surface area contributed by atoms with Gasteiger partial charge in [0.2, 0.25) is 6.41 Å². The molecule has 1 saturated heterocycles. The van der Waals surface area contributed by atoms with Crippen LogP contribution in [0.4, 0.5) is 13.2 Å². The minimum atomic E-state index is -4.42. The Morgan fingerprint density at radius 3 is 2.75 bits per heavy atom. The SMILES string of the molecule is CC(CCNC1CCN(Cc2cc(C(F)(F)F)cnc2CCNC=O)C1)c1ccccc1. The summed E-state index contributed by atoms with van der Waals surface area (Å²) >= 11 is 0. The van der Waals surface area contributed by atoms with Gasteiger partial charge in [-0.3, -0.25) is 14.7 Å². The number of benzene rings is 1. The van der Waals surface area contributed by atoms with Crippen molar-refractivity contribution in [2.45, 2.75) is 50.9 Å². The first-order valence-corrected chi connectivity index (χ1v) is 11.1. The number of carbonyl (C=O) groups excluding carboxylic acids is 1. The molecule has 1 amide bonds. The number of rotatable bonds is 11. The Morgan fingerprint density at radius 1 is 1.25 bits per heavy atom. The molecule has 2 aromatic rings. The normalized spacial score (nSPS) is 17.9. The third-order valence-corrected chi connectivity index (χ3v) is 6.02. The Morgan fingerprint density at radius 2 is 2.03 bits per heavy atom. The lowest BCUT2D eigenvalue weighted by molar-refractivity contribution is -0.137. The zero-order valence-corrected chi connectivity index (χ0v) is 18.4. The van der Waals surface area contributed by atoms with Crippen LogP contribution in [0.15, 0.2) is 42.6 Å². The van der Waals surface area contributed by atoms with E-state index in [1.54, 1.807) is 0 Å². The number of nitrogens with one attached hydrogen (secondary N) is 2. The zero-order chi connectivity index (χ0) is 23.0. The Bertz CT molecular complexity index is 860. The number of nitrogens with zero attached hydrogens (tertiary/aromatic N) is 2. The molecule has 8 heteroatoms. The van der Waals surface area contributed by atoms with Crippen molar-refractivity contribution in [3.05, 3.63) is 65.0 Å². The molecule has 32 heavy (non-hydrogen) atoms. The predicted molar refractivity (Wildman–Crippen MR) is 118 cm³/mol. The summed E-state index contributed by atoms with van der Waals surface area (Å²) in [4.78, 5) is 16.7. The molecule has 0 saturated carbocycles. The maximum Gasteiger partial charge on any atom is 0.417 e. The lowest BCUT2D eigenvalue weighted by Gasteiger charge is -2.20. The number of pyridine rings is 1. The summed E-state index contributed by atoms with van der Waals surface area (Å²) in [5.74, 6) is 0.472. The highest BCUT2D eigenvalue weighted by molar-refractivity contribution is 5.45. The second-order valence-corrected chi connectivity index (χ2v) is 8.42. The Hall–Kier alpha value is -2.45. The average molecular weight is 449 g/mol. The smallest absolute Gasteiger partial charge is 0.358 e. The van der Waals surface area contributed by atoms with Crippen LogP contribution in [0.2, 0.25) is 0 Å². The van der Waals surface area contributed by atoms with Gasteiger partial charge < -0.3 is 10.6 Å². The standard InChI is InChI=1S/C24H31F3N4O/c1-18(19-5-3-2-4-6-19)7-11-29-22-9-12-31(16-22)15-20-13-21(24(25,26)27)14-30-23(20)8-10-28-17-32/h2-6,13-14,17-18,22,29H,7-12,15-16H2,1H3,(H,28,32). The molecular weight excluding hydrogens is 417 g/mol. The van der Waals surface area contributed by atoms with Gasteiger partial charge in [-0.2, -0.15) is 13.2 Å². The molecule has 1 fully saturated rings. The highest BCUT2D eigenvalue weighted by Gasteiger charge is 2.32. The van der Waals surface area contributed by atoms with E-state index in [9.17, 15) is 18.0 Å². The van der Waals surface area contributed by atoms with Crippen molar-refractivity contribution in [3.8, 4) is 0 Å². The first-order chi connectivity index (χ1) is 15.4. The second kappa shape index (κ2) is 11.4. The highest BCUT2D eigenvalue weighted by atomic mass is 19.4. The van der Waals surface area contributed by atoms with Gasteiger partial charge in [0.15, 0.2) is 0 Å². The van der Waals surface area contributed by atoms with Gasteiger partial charge in [-0.15, -0.1) is 0 Å². The Labute approximate surface area is 187 Å². The molecule has 3 rings (SSSR count). The molecule has 1 aliphatic rings. The number of alkyl halides is 3. The predicted octanol–water partition coefficient (Wildman–Crippen LogP) is 3.75. The van der Waals surface area contributed by atoms with Crippen LogP contribution >= 0.6 is 0 Å². The van der Waals surface area contributed by atoms with Crippen molar-refractivity contribution in [1.82, 2.24) is 20.5 Å². The maximum atomic E-state index is 13.2. The van der Waals surface area contributed by atoms with Gasteiger partial charge in [-0.05, 0) is 42.5 Å². The van der Waals surface area contributed by atoms with Crippen LogP contribution in [0.5, 0.6) is 0 Å². The van der Waals surface area contributed by atoms with Crippen LogP contribution in [-0.4, -0.2) is 48.5 Å². The van der Waals surface area contributed by atoms with Crippen molar-refractivity contribution in [2.24, 2.45) is 0 Å². The van der Waals surface area contributed by atoms with Crippen LogP contribution in [0.1, 0.15) is 48.1 Å². The summed E-state index contributed by atoms with van der Waals surface area (Å²) in [5, 5.41) is 6.15. The van der Waals surface area contributed by atoms with Gasteiger partial charge in [0.25, 0.3) is 0 Å². The molecule has 0 aliphatic carbocycles. The number of hydrogen-bond donors (Lipinski definition) is 2. The third-order valence-electron chi connectivity index (χ3n) is 6.02. The minimum Gasteiger partial charge on any atom is -0.358 e. The monoisotopic (exact) mass is 448 g/mol. The van der Waals surface area contributed by atoms with Crippen LogP contribution in [-0.2, 0) is 23.9 Å². The van der Waals surface area contributed by atoms with E-state index in [1.807, 2.05) is 6.07 Å². The number of carbonyl (C=O) groups is 1. The second-order valence-electron chi connectivity index (χ2n) is 8.42. The first-order valence-electron chi connectivity index (χ1n) is 11.1. The molecule has 1 aromatic heterocycles. The molecule has 174 valence electrons. The van der Waals surface area contributed by atoms with E-state index in [4.69, 9.17) is 0 Å². The van der Waals surface area contributed by atoms with Crippen LogP contribution < -0.4 is 10.6 Å². The Balaban J connectivity index is 1.53. The number of hydrogen-bond acceptors (Lipinski definition) is 4. The molecule has 2 atom stereocenters. The van der Waals surface area contributed by atoms with Gasteiger partial charge in [-0.25, -0.2) is 0 Å². The van der Waals surface area contributed by atoms with Crippen LogP contribution in [0, 0.1) is 0 Å². The molecule has 2 heterocycles. The van der Waals surface area contributed by atoms with E-state index in [-0.39, 0.29) is 0 Å². The fourth-order valence-electron chi connectivity index (χ4n) is 4.14. The fraction of sp³-hybridized carbons (Fsp3) is 0.500. The van der Waals surface area contributed by atoms with E-state index in [0.717, 1.165) is 38.7 Å². The fourth-order valence-corrected chi connectivity index (χ4v) is 4.14. The van der Waals surface area contributed by atoms with E-state index in [0.29, 0.717) is 49.1 Å². The van der Waals surface area contributed by atoms with Crippen molar-refractivity contribution in [3.63, 3.8) is 0 Å². The van der Waals surface area contributed by atoms with Gasteiger partial charge in [0.05, 0.1) is 5.56 Å². The topological polar surface area (TPSA) is 57.3 Å². The summed E-state index contributed by atoms with van der Waals surface area (Å²) in [7, 11) is 0. The van der Waals surface area contributed by atoms with Gasteiger partial charge in [0.1, 0.15) is 0 Å². The molecule has 0 bridgehead atoms. The summed E-state index contributed by atoms with van der Waals surface area (Å²) in [6.45, 7) is 5.52. The minimum absolute atomic E-state index is 0.330. The van der Waals surface area contributed by atoms with Crippen LogP contribution in [0.3, 0.4) is 0 Å². The lowest BCUT2D eigenvalue weighted by Crippen LogP contribution is -2.33. The van der Waals surface area contributed by atoms with E-state index >= 15 is 0 Å². The van der Waals surface area contributed by atoms with Crippen LogP contribution in [0.25, 0.3) is 0 Å².